The van der Waals surface area contributed by atoms with E-state index in [0.29, 0.717) is 6.61 Å². The van der Waals surface area contributed by atoms with E-state index in [1.807, 2.05) is 26.0 Å². The molecule has 0 spiro atoms. The lowest BCUT2D eigenvalue weighted by molar-refractivity contribution is 0.152. The lowest BCUT2D eigenvalue weighted by atomic mass is 10.3. The number of hydrogen-bond donors (Lipinski definition) is 0. The standard InChI is InChI=1S/C8H16O2/c1-4-10-7-5-6-8(2)9-3/h5-6,8H,4,7H2,1-3H3/b6-5+. The monoisotopic (exact) mass is 144 g/mol. The zero-order valence-electron chi connectivity index (χ0n) is 6.96. The van der Waals surface area contributed by atoms with Crippen molar-refractivity contribution in [3.63, 3.8) is 0 Å². The number of ether oxygens (including phenoxy) is 2. The summed E-state index contributed by atoms with van der Waals surface area (Å²) in [5, 5.41) is 0. The molecule has 0 amide bonds. The molecule has 0 bridgehead atoms. The van der Waals surface area contributed by atoms with Crippen LogP contribution in [-0.2, 0) is 9.47 Å². The van der Waals surface area contributed by atoms with Gasteiger partial charge in [0.25, 0.3) is 0 Å². The third-order valence-corrected chi connectivity index (χ3v) is 1.20. The second-order valence-corrected chi connectivity index (χ2v) is 2.03. The predicted molar refractivity (Wildman–Crippen MR) is 42.1 cm³/mol. The highest BCUT2D eigenvalue weighted by molar-refractivity contribution is 4.86. The third-order valence-electron chi connectivity index (χ3n) is 1.20. The van der Waals surface area contributed by atoms with Crippen molar-refractivity contribution in [3.05, 3.63) is 12.2 Å². The Morgan fingerprint density at radius 3 is 2.70 bits per heavy atom. The first kappa shape index (κ1) is 9.66. The Labute approximate surface area is 62.8 Å². The molecular formula is C8H16O2. The largest absolute Gasteiger partial charge is 0.378 e. The minimum absolute atomic E-state index is 0.195. The summed E-state index contributed by atoms with van der Waals surface area (Å²) in [4.78, 5) is 0. The highest BCUT2D eigenvalue weighted by Gasteiger charge is 1.88. The zero-order chi connectivity index (χ0) is 7.82. The molecule has 0 fully saturated rings. The first-order chi connectivity index (χ1) is 4.81. The van der Waals surface area contributed by atoms with Gasteiger partial charge in [-0.1, -0.05) is 12.2 Å². The summed E-state index contributed by atoms with van der Waals surface area (Å²) < 4.78 is 10.1. The van der Waals surface area contributed by atoms with Gasteiger partial charge >= 0.3 is 0 Å². The molecule has 0 heterocycles. The van der Waals surface area contributed by atoms with Crippen molar-refractivity contribution in [1.82, 2.24) is 0 Å². The summed E-state index contributed by atoms with van der Waals surface area (Å²) in [7, 11) is 1.69. The second-order valence-electron chi connectivity index (χ2n) is 2.03. The van der Waals surface area contributed by atoms with E-state index in [2.05, 4.69) is 0 Å². The molecule has 0 aliphatic carbocycles. The van der Waals surface area contributed by atoms with E-state index in [4.69, 9.17) is 9.47 Å². The topological polar surface area (TPSA) is 18.5 Å². The van der Waals surface area contributed by atoms with Crippen LogP contribution in [0.2, 0.25) is 0 Å². The van der Waals surface area contributed by atoms with Gasteiger partial charge in [-0.05, 0) is 13.8 Å². The Balaban J connectivity index is 3.18. The second kappa shape index (κ2) is 6.78. The molecular weight excluding hydrogens is 128 g/mol. The molecule has 0 saturated carbocycles. The number of methoxy groups -OCH3 is 1. The summed E-state index contributed by atoms with van der Waals surface area (Å²) in [6.45, 7) is 5.42. The van der Waals surface area contributed by atoms with Crippen molar-refractivity contribution in [2.45, 2.75) is 20.0 Å². The van der Waals surface area contributed by atoms with Crippen LogP contribution >= 0.6 is 0 Å². The van der Waals surface area contributed by atoms with Crippen molar-refractivity contribution < 1.29 is 9.47 Å². The lowest BCUT2D eigenvalue weighted by Gasteiger charge is -2.00. The van der Waals surface area contributed by atoms with Crippen LogP contribution in [0.3, 0.4) is 0 Å². The molecule has 10 heavy (non-hydrogen) atoms. The maximum Gasteiger partial charge on any atom is 0.0724 e. The average molecular weight is 144 g/mol. The number of rotatable bonds is 5. The molecule has 0 rings (SSSR count). The van der Waals surface area contributed by atoms with Crippen LogP contribution < -0.4 is 0 Å². The zero-order valence-corrected chi connectivity index (χ0v) is 6.96. The van der Waals surface area contributed by atoms with Gasteiger partial charge in [-0.25, -0.2) is 0 Å². The van der Waals surface area contributed by atoms with E-state index in [1.165, 1.54) is 0 Å². The summed E-state index contributed by atoms with van der Waals surface area (Å²) >= 11 is 0. The number of hydrogen-bond acceptors (Lipinski definition) is 2. The maximum absolute atomic E-state index is 5.09. The van der Waals surface area contributed by atoms with Gasteiger partial charge in [0.1, 0.15) is 0 Å². The van der Waals surface area contributed by atoms with Gasteiger partial charge in [-0.15, -0.1) is 0 Å². The van der Waals surface area contributed by atoms with Crippen LogP contribution in [0.25, 0.3) is 0 Å². The predicted octanol–water partition coefficient (Wildman–Crippen LogP) is 1.61. The summed E-state index contributed by atoms with van der Waals surface area (Å²) in [6, 6.07) is 0. The molecule has 2 heteroatoms. The Morgan fingerprint density at radius 2 is 2.20 bits per heavy atom. The van der Waals surface area contributed by atoms with Crippen molar-refractivity contribution in [2.24, 2.45) is 0 Å². The maximum atomic E-state index is 5.09. The van der Waals surface area contributed by atoms with E-state index < -0.39 is 0 Å². The van der Waals surface area contributed by atoms with Crippen molar-refractivity contribution in [1.29, 1.82) is 0 Å². The van der Waals surface area contributed by atoms with E-state index in [0.717, 1.165) is 6.61 Å². The first-order valence-corrected chi connectivity index (χ1v) is 3.58. The Morgan fingerprint density at radius 1 is 1.50 bits per heavy atom. The lowest BCUT2D eigenvalue weighted by Crippen LogP contribution is -1.99. The fourth-order valence-electron chi connectivity index (χ4n) is 0.512. The van der Waals surface area contributed by atoms with Gasteiger partial charge in [-0.2, -0.15) is 0 Å². The molecule has 0 aliphatic heterocycles. The van der Waals surface area contributed by atoms with E-state index in [1.54, 1.807) is 7.11 Å². The molecule has 0 aromatic carbocycles. The van der Waals surface area contributed by atoms with Gasteiger partial charge < -0.3 is 9.47 Å². The summed E-state index contributed by atoms with van der Waals surface area (Å²) in [6.07, 6.45) is 4.15. The fraction of sp³-hybridized carbons (Fsp3) is 0.750. The molecule has 60 valence electrons. The van der Waals surface area contributed by atoms with Gasteiger partial charge in [0.15, 0.2) is 0 Å². The smallest absolute Gasteiger partial charge is 0.0724 e. The molecule has 1 atom stereocenters. The van der Waals surface area contributed by atoms with E-state index in [9.17, 15) is 0 Å². The average Bonchev–Trinajstić information content (AvgIpc) is 1.98. The van der Waals surface area contributed by atoms with Crippen molar-refractivity contribution in [3.8, 4) is 0 Å². The molecule has 0 radical (unpaired) electrons. The first-order valence-electron chi connectivity index (χ1n) is 3.58. The summed E-state index contributed by atoms with van der Waals surface area (Å²) in [5.74, 6) is 0. The van der Waals surface area contributed by atoms with Gasteiger partial charge in [-0.3, -0.25) is 0 Å². The Bertz CT molecular complexity index is 89.3. The Hall–Kier alpha value is -0.340. The van der Waals surface area contributed by atoms with Crippen LogP contribution in [0.5, 0.6) is 0 Å². The normalized spacial score (nSPS) is 14.3. The van der Waals surface area contributed by atoms with E-state index in [-0.39, 0.29) is 6.10 Å². The van der Waals surface area contributed by atoms with Gasteiger partial charge in [0, 0.05) is 13.7 Å². The highest BCUT2D eigenvalue weighted by atomic mass is 16.5. The molecule has 0 aromatic heterocycles. The van der Waals surface area contributed by atoms with Crippen molar-refractivity contribution in [2.75, 3.05) is 20.3 Å². The molecule has 0 aliphatic rings. The minimum atomic E-state index is 0.195. The van der Waals surface area contributed by atoms with E-state index >= 15 is 0 Å². The molecule has 0 N–H and O–H groups in total. The molecule has 1 unspecified atom stereocenters. The van der Waals surface area contributed by atoms with Crippen LogP contribution in [0.4, 0.5) is 0 Å². The third kappa shape index (κ3) is 5.79. The fourth-order valence-corrected chi connectivity index (χ4v) is 0.512. The van der Waals surface area contributed by atoms with Gasteiger partial charge in [0.2, 0.25) is 0 Å². The van der Waals surface area contributed by atoms with Crippen LogP contribution in [0, 0.1) is 0 Å². The molecule has 0 aromatic rings. The van der Waals surface area contributed by atoms with Crippen LogP contribution in [-0.4, -0.2) is 26.4 Å². The Kier molecular flexibility index (Phi) is 6.55. The SMILES string of the molecule is CCOC/C=C/C(C)OC. The van der Waals surface area contributed by atoms with Crippen LogP contribution in [0.15, 0.2) is 12.2 Å². The highest BCUT2D eigenvalue weighted by Crippen LogP contribution is 1.89. The quantitative estimate of drug-likeness (QED) is 0.431. The molecule has 0 saturated heterocycles. The van der Waals surface area contributed by atoms with Crippen LogP contribution in [0.1, 0.15) is 13.8 Å². The summed E-state index contributed by atoms with van der Waals surface area (Å²) in [5.41, 5.74) is 0. The van der Waals surface area contributed by atoms with Gasteiger partial charge in [0.05, 0.1) is 12.7 Å². The minimum Gasteiger partial charge on any atom is -0.378 e. The molecule has 2 nitrogen and oxygen atoms in total. The van der Waals surface area contributed by atoms with Crippen molar-refractivity contribution >= 4 is 0 Å².